The third-order valence-electron chi connectivity index (χ3n) is 3.96. The van der Waals surface area contributed by atoms with Crippen LogP contribution in [0.1, 0.15) is 25.7 Å². The topological polar surface area (TPSA) is 53.9 Å². The Morgan fingerprint density at radius 1 is 1.20 bits per heavy atom. The number of piperidine rings is 1. The minimum absolute atomic E-state index is 0.527. The van der Waals surface area contributed by atoms with Gasteiger partial charge in [0.1, 0.15) is 5.52 Å². The first-order chi connectivity index (χ1) is 9.88. The van der Waals surface area contributed by atoms with Gasteiger partial charge in [-0.15, -0.1) is 10.2 Å². The molecule has 1 unspecified atom stereocenters. The van der Waals surface area contributed by atoms with E-state index in [0.29, 0.717) is 6.04 Å². The van der Waals surface area contributed by atoms with Gasteiger partial charge >= 0.3 is 0 Å². The summed E-state index contributed by atoms with van der Waals surface area (Å²) in [6.07, 6.45) is 4.86. The minimum atomic E-state index is 0.527. The van der Waals surface area contributed by atoms with E-state index in [9.17, 15) is 0 Å². The van der Waals surface area contributed by atoms with Crippen molar-refractivity contribution in [3.63, 3.8) is 0 Å². The minimum Gasteiger partial charge on any atom is -0.336 e. The van der Waals surface area contributed by atoms with E-state index in [1.54, 1.807) is 0 Å². The van der Waals surface area contributed by atoms with Crippen molar-refractivity contribution in [2.24, 2.45) is 0 Å². The molecule has 5 nitrogen and oxygen atoms in total. The summed E-state index contributed by atoms with van der Waals surface area (Å²) in [5, 5.41) is 11.9. The van der Waals surface area contributed by atoms with Gasteiger partial charge in [-0.25, -0.2) is 4.98 Å². The Balaban J connectivity index is 1.86. The molecular weight excluding hydrogens is 250 g/mol. The Bertz CT molecular complexity index is 571. The summed E-state index contributed by atoms with van der Waals surface area (Å²) in [4.78, 5) is 7.02. The summed E-state index contributed by atoms with van der Waals surface area (Å²) in [7, 11) is 2.00. The summed E-state index contributed by atoms with van der Waals surface area (Å²) in [5.74, 6) is 0.782. The van der Waals surface area contributed by atoms with Crippen LogP contribution < -0.4 is 10.2 Å². The zero-order valence-corrected chi connectivity index (χ0v) is 11.9. The lowest BCUT2D eigenvalue weighted by Crippen LogP contribution is -2.42. The first-order valence-electron chi connectivity index (χ1n) is 7.39. The summed E-state index contributed by atoms with van der Waals surface area (Å²) in [6, 6.07) is 8.44. The number of nitrogens with zero attached hydrogens (tertiary/aromatic N) is 4. The van der Waals surface area contributed by atoms with Gasteiger partial charge in [0.2, 0.25) is 5.95 Å². The standard InChI is InChI=1S/C15H21N5/c1-16-10-9-12-6-4-5-11-20(12)15-17-13-7-2-3-8-14(13)18-19-15/h2-3,7-8,12,16H,4-6,9-11H2,1H3. The summed E-state index contributed by atoms with van der Waals surface area (Å²) >= 11 is 0. The fourth-order valence-electron chi connectivity index (χ4n) is 2.87. The van der Waals surface area contributed by atoms with Crippen molar-refractivity contribution in [2.45, 2.75) is 31.7 Å². The molecule has 2 heterocycles. The van der Waals surface area contributed by atoms with Crippen LogP contribution in [-0.4, -0.2) is 41.4 Å². The number of aromatic nitrogens is 3. The highest BCUT2D eigenvalue weighted by molar-refractivity contribution is 5.74. The molecule has 1 saturated heterocycles. The molecule has 0 aliphatic carbocycles. The van der Waals surface area contributed by atoms with Crippen LogP contribution >= 0.6 is 0 Å². The second kappa shape index (κ2) is 6.13. The first-order valence-corrected chi connectivity index (χ1v) is 7.39. The van der Waals surface area contributed by atoms with Crippen LogP contribution in [0.5, 0.6) is 0 Å². The quantitative estimate of drug-likeness (QED) is 0.921. The molecule has 1 atom stereocenters. The molecular formula is C15H21N5. The monoisotopic (exact) mass is 271 g/mol. The van der Waals surface area contributed by atoms with Gasteiger partial charge in [-0.05, 0) is 51.4 Å². The predicted molar refractivity (Wildman–Crippen MR) is 80.9 cm³/mol. The lowest BCUT2D eigenvalue weighted by atomic mass is 10.00. The smallest absolute Gasteiger partial charge is 0.246 e. The number of nitrogens with one attached hydrogen (secondary N) is 1. The second-order valence-electron chi connectivity index (χ2n) is 5.34. The molecule has 20 heavy (non-hydrogen) atoms. The van der Waals surface area contributed by atoms with Crippen molar-refractivity contribution < 1.29 is 0 Å². The van der Waals surface area contributed by atoms with E-state index in [2.05, 4.69) is 25.4 Å². The molecule has 0 spiro atoms. The van der Waals surface area contributed by atoms with E-state index in [1.807, 2.05) is 31.3 Å². The SMILES string of the molecule is CNCCC1CCCCN1c1nnc2ccccc2n1. The lowest BCUT2D eigenvalue weighted by molar-refractivity contribution is 0.426. The molecule has 3 rings (SSSR count). The molecule has 0 saturated carbocycles. The van der Waals surface area contributed by atoms with Crippen LogP contribution in [0.4, 0.5) is 5.95 Å². The van der Waals surface area contributed by atoms with Crippen molar-refractivity contribution in [2.75, 3.05) is 25.0 Å². The molecule has 1 fully saturated rings. The Morgan fingerprint density at radius 3 is 2.90 bits per heavy atom. The number of rotatable bonds is 4. The molecule has 1 aliphatic rings. The van der Waals surface area contributed by atoms with Gasteiger partial charge in [0.15, 0.2) is 0 Å². The third kappa shape index (κ3) is 2.72. The van der Waals surface area contributed by atoms with E-state index < -0.39 is 0 Å². The van der Waals surface area contributed by atoms with Crippen LogP contribution in [0.15, 0.2) is 24.3 Å². The molecule has 0 amide bonds. The van der Waals surface area contributed by atoms with Gasteiger partial charge in [-0.1, -0.05) is 12.1 Å². The number of hydrogen-bond donors (Lipinski definition) is 1. The number of hydrogen-bond acceptors (Lipinski definition) is 5. The van der Waals surface area contributed by atoms with Gasteiger partial charge in [0.25, 0.3) is 0 Å². The van der Waals surface area contributed by atoms with Crippen LogP contribution in [0.2, 0.25) is 0 Å². The summed E-state index contributed by atoms with van der Waals surface area (Å²) < 4.78 is 0. The first kappa shape index (κ1) is 13.2. The normalized spacial score (nSPS) is 19.4. The van der Waals surface area contributed by atoms with Gasteiger partial charge in [-0.2, -0.15) is 0 Å². The fourth-order valence-corrected chi connectivity index (χ4v) is 2.87. The summed E-state index contributed by atoms with van der Waals surface area (Å²) in [5.41, 5.74) is 1.79. The maximum Gasteiger partial charge on any atom is 0.246 e. The lowest BCUT2D eigenvalue weighted by Gasteiger charge is -2.35. The van der Waals surface area contributed by atoms with Gasteiger partial charge in [0, 0.05) is 12.6 Å². The largest absolute Gasteiger partial charge is 0.336 e. The average molecular weight is 271 g/mol. The molecule has 0 bridgehead atoms. The fraction of sp³-hybridized carbons (Fsp3) is 0.533. The molecule has 5 heteroatoms. The third-order valence-corrected chi connectivity index (χ3v) is 3.96. The molecule has 1 N–H and O–H groups in total. The van der Waals surface area contributed by atoms with E-state index in [0.717, 1.165) is 36.5 Å². The maximum atomic E-state index is 4.69. The molecule has 2 aromatic rings. The van der Waals surface area contributed by atoms with Crippen molar-refractivity contribution in [1.29, 1.82) is 0 Å². The predicted octanol–water partition coefficient (Wildman–Crippen LogP) is 1.99. The Hall–Kier alpha value is -1.75. The number of fused-ring (bicyclic) bond motifs is 1. The highest BCUT2D eigenvalue weighted by atomic mass is 15.3. The Kier molecular flexibility index (Phi) is 4.06. The molecule has 0 radical (unpaired) electrons. The van der Waals surface area contributed by atoms with Crippen LogP contribution in [-0.2, 0) is 0 Å². The average Bonchev–Trinajstić information content (AvgIpc) is 2.53. The van der Waals surface area contributed by atoms with Crippen molar-refractivity contribution in [1.82, 2.24) is 20.5 Å². The number of benzene rings is 1. The van der Waals surface area contributed by atoms with Crippen molar-refractivity contribution >= 4 is 17.0 Å². The summed E-state index contributed by atoms with van der Waals surface area (Å²) in [6.45, 7) is 2.07. The second-order valence-corrected chi connectivity index (χ2v) is 5.34. The molecule has 106 valence electrons. The van der Waals surface area contributed by atoms with E-state index in [4.69, 9.17) is 0 Å². The van der Waals surface area contributed by atoms with Crippen molar-refractivity contribution in [3.8, 4) is 0 Å². The molecule has 1 aliphatic heterocycles. The van der Waals surface area contributed by atoms with E-state index >= 15 is 0 Å². The van der Waals surface area contributed by atoms with Crippen LogP contribution in [0, 0.1) is 0 Å². The number of para-hydroxylation sites is 1. The maximum absolute atomic E-state index is 4.69. The Morgan fingerprint density at radius 2 is 2.05 bits per heavy atom. The van der Waals surface area contributed by atoms with Crippen molar-refractivity contribution in [3.05, 3.63) is 24.3 Å². The van der Waals surface area contributed by atoms with Crippen LogP contribution in [0.25, 0.3) is 11.0 Å². The van der Waals surface area contributed by atoms with E-state index in [-0.39, 0.29) is 0 Å². The zero-order chi connectivity index (χ0) is 13.8. The number of anilines is 1. The van der Waals surface area contributed by atoms with E-state index in [1.165, 1.54) is 19.3 Å². The zero-order valence-electron chi connectivity index (χ0n) is 11.9. The van der Waals surface area contributed by atoms with Gasteiger partial charge in [-0.3, -0.25) is 0 Å². The van der Waals surface area contributed by atoms with Crippen LogP contribution in [0.3, 0.4) is 0 Å². The highest BCUT2D eigenvalue weighted by Gasteiger charge is 2.24. The van der Waals surface area contributed by atoms with Gasteiger partial charge in [0.05, 0.1) is 5.52 Å². The highest BCUT2D eigenvalue weighted by Crippen LogP contribution is 2.24. The Labute approximate surface area is 119 Å². The molecule has 1 aromatic heterocycles. The molecule has 1 aromatic carbocycles. The van der Waals surface area contributed by atoms with Gasteiger partial charge < -0.3 is 10.2 Å².